The molecule has 0 aliphatic heterocycles. The summed E-state index contributed by atoms with van der Waals surface area (Å²) in [6.07, 6.45) is 0.523. The summed E-state index contributed by atoms with van der Waals surface area (Å²) in [4.78, 5) is 1.00. The number of thioether (sulfide) groups is 1. The van der Waals surface area contributed by atoms with Gasteiger partial charge in [0.1, 0.15) is 0 Å². The molecule has 1 rings (SSSR count). The van der Waals surface area contributed by atoms with Gasteiger partial charge in [0.15, 0.2) is 0 Å². The number of halogens is 2. The first kappa shape index (κ1) is 11.7. The molecule has 1 nitrogen and oxygen atoms in total. The zero-order valence-electron chi connectivity index (χ0n) is 7.63. The summed E-state index contributed by atoms with van der Waals surface area (Å²) in [7, 11) is 0. The second-order valence-corrected chi connectivity index (χ2v) is 5.28. The third-order valence-corrected chi connectivity index (χ3v) is 3.07. The highest BCUT2D eigenvalue weighted by atomic mass is 35.5. The fraction of sp³-hybridized carbons (Fsp3) is 0.300. The molecule has 0 amide bonds. The van der Waals surface area contributed by atoms with Gasteiger partial charge in [-0.2, -0.15) is 5.26 Å². The van der Waals surface area contributed by atoms with Crippen molar-refractivity contribution in [3.05, 3.63) is 28.2 Å². The molecule has 0 fully saturated rings. The number of hydrogen-bond acceptors (Lipinski definition) is 2. The molecule has 0 N–H and O–H groups in total. The summed E-state index contributed by atoms with van der Waals surface area (Å²) in [6, 6.07) is 7.53. The van der Waals surface area contributed by atoms with Crippen LogP contribution in [0.1, 0.15) is 13.3 Å². The maximum atomic E-state index is 8.51. The van der Waals surface area contributed by atoms with Crippen molar-refractivity contribution in [3.8, 4) is 6.07 Å². The van der Waals surface area contributed by atoms with Crippen molar-refractivity contribution in [1.82, 2.24) is 0 Å². The Morgan fingerprint density at radius 1 is 1.36 bits per heavy atom. The van der Waals surface area contributed by atoms with E-state index >= 15 is 0 Å². The number of nitrogens with zero attached hydrogens (tertiary/aromatic N) is 1. The molecule has 1 aromatic rings. The van der Waals surface area contributed by atoms with Gasteiger partial charge in [-0.1, -0.05) is 30.1 Å². The lowest BCUT2D eigenvalue weighted by molar-refractivity contribution is 0.989. The lowest BCUT2D eigenvalue weighted by Crippen LogP contribution is -1.92. The minimum atomic E-state index is 0.259. The molecule has 0 radical (unpaired) electrons. The summed E-state index contributed by atoms with van der Waals surface area (Å²) in [6.45, 7) is 2.00. The van der Waals surface area contributed by atoms with Gasteiger partial charge in [0.05, 0.1) is 6.07 Å². The van der Waals surface area contributed by atoms with E-state index in [1.165, 1.54) is 0 Å². The van der Waals surface area contributed by atoms with Gasteiger partial charge in [0.2, 0.25) is 0 Å². The monoisotopic (exact) mass is 245 g/mol. The van der Waals surface area contributed by atoms with E-state index in [1.807, 2.05) is 19.1 Å². The Balaban J connectivity index is 2.72. The highest BCUT2D eigenvalue weighted by Gasteiger charge is 2.05. The fourth-order valence-corrected chi connectivity index (χ4v) is 2.67. The standard InChI is InChI=1S/C10H9Cl2NS/c1-7(2-3-13)14-10-5-8(11)4-9(12)6-10/h4-7H,2H2,1H3. The van der Waals surface area contributed by atoms with Crippen LogP contribution in [0, 0.1) is 11.3 Å². The Hall–Kier alpha value is -0.360. The largest absolute Gasteiger partial charge is 0.198 e. The molecule has 1 aromatic carbocycles. The third-order valence-electron chi connectivity index (χ3n) is 1.55. The lowest BCUT2D eigenvalue weighted by Gasteiger charge is -2.07. The first-order valence-corrected chi connectivity index (χ1v) is 5.75. The third kappa shape index (κ3) is 3.79. The predicted octanol–water partition coefficient (Wildman–Crippen LogP) is 4.39. The molecule has 4 heteroatoms. The highest BCUT2D eigenvalue weighted by Crippen LogP contribution is 2.30. The quantitative estimate of drug-likeness (QED) is 0.738. The van der Waals surface area contributed by atoms with E-state index in [-0.39, 0.29) is 5.25 Å². The van der Waals surface area contributed by atoms with Gasteiger partial charge in [0, 0.05) is 26.6 Å². The predicted molar refractivity (Wildman–Crippen MR) is 62.0 cm³/mol. The first-order valence-electron chi connectivity index (χ1n) is 4.11. The fourth-order valence-electron chi connectivity index (χ4n) is 0.999. The van der Waals surface area contributed by atoms with Crippen LogP contribution in [0.4, 0.5) is 0 Å². The normalized spacial score (nSPS) is 12.1. The van der Waals surface area contributed by atoms with Gasteiger partial charge in [-0.15, -0.1) is 11.8 Å². The Bertz CT molecular complexity index is 339. The average molecular weight is 246 g/mol. The summed E-state index contributed by atoms with van der Waals surface area (Å²) in [5.74, 6) is 0. The van der Waals surface area contributed by atoms with Crippen LogP contribution in [-0.2, 0) is 0 Å². The van der Waals surface area contributed by atoms with E-state index in [4.69, 9.17) is 28.5 Å². The summed E-state index contributed by atoms with van der Waals surface area (Å²) >= 11 is 13.3. The van der Waals surface area contributed by atoms with E-state index in [9.17, 15) is 0 Å². The molecule has 0 saturated carbocycles. The average Bonchev–Trinajstić information content (AvgIpc) is 2.01. The molecule has 74 valence electrons. The molecule has 1 unspecified atom stereocenters. The molecular formula is C10H9Cl2NS. The SMILES string of the molecule is CC(CC#N)Sc1cc(Cl)cc(Cl)c1. The Labute approximate surface area is 98.0 Å². The van der Waals surface area contributed by atoms with Crippen molar-refractivity contribution >= 4 is 35.0 Å². The van der Waals surface area contributed by atoms with Crippen LogP contribution in [0.15, 0.2) is 23.1 Å². The van der Waals surface area contributed by atoms with Crippen LogP contribution in [0.2, 0.25) is 10.0 Å². The van der Waals surface area contributed by atoms with Crippen LogP contribution in [-0.4, -0.2) is 5.25 Å². The zero-order chi connectivity index (χ0) is 10.6. The van der Waals surface area contributed by atoms with Crippen molar-refractivity contribution in [1.29, 1.82) is 5.26 Å². The number of hydrogen-bond donors (Lipinski definition) is 0. The van der Waals surface area contributed by atoms with Crippen LogP contribution in [0.3, 0.4) is 0 Å². The minimum Gasteiger partial charge on any atom is -0.198 e. The van der Waals surface area contributed by atoms with E-state index in [0.29, 0.717) is 16.5 Å². The minimum absolute atomic E-state index is 0.259. The van der Waals surface area contributed by atoms with E-state index in [0.717, 1.165) is 4.90 Å². The second kappa shape index (κ2) is 5.50. The van der Waals surface area contributed by atoms with Gasteiger partial charge in [-0.05, 0) is 18.2 Å². The van der Waals surface area contributed by atoms with Gasteiger partial charge in [-0.25, -0.2) is 0 Å². The molecule has 0 bridgehead atoms. The highest BCUT2D eigenvalue weighted by molar-refractivity contribution is 8.00. The van der Waals surface area contributed by atoms with E-state index < -0.39 is 0 Å². The number of benzene rings is 1. The lowest BCUT2D eigenvalue weighted by atomic mass is 10.3. The summed E-state index contributed by atoms with van der Waals surface area (Å²) < 4.78 is 0. The van der Waals surface area contributed by atoms with Crippen molar-refractivity contribution in [2.75, 3.05) is 0 Å². The smallest absolute Gasteiger partial charge is 0.0633 e. The Morgan fingerprint density at radius 2 is 1.93 bits per heavy atom. The zero-order valence-corrected chi connectivity index (χ0v) is 9.96. The van der Waals surface area contributed by atoms with Crippen molar-refractivity contribution in [2.24, 2.45) is 0 Å². The van der Waals surface area contributed by atoms with Gasteiger partial charge < -0.3 is 0 Å². The van der Waals surface area contributed by atoms with Crippen molar-refractivity contribution in [3.63, 3.8) is 0 Å². The molecule has 0 saturated heterocycles. The Kier molecular flexibility index (Phi) is 4.60. The molecule has 1 atom stereocenters. The Morgan fingerprint density at radius 3 is 2.43 bits per heavy atom. The maximum Gasteiger partial charge on any atom is 0.0633 e. The second-order valence-electron chi connectivity index (χ2n) is 2.90. The van der Waals surface area contributed by atoms with Crippen LogP contribution >= 0.6 is 35.0 Å². The number of nitriles is 1. The van der Waals surface area contributed by atoms with Crippen LogP contribution in [0.5, 0.6) is 0 Å². The molecule has 14 heavy (non-hydrogen) atoms. The van der Waals surface area contributed by atoms with Crippen molar-refractivity contribution in [2.45, 2.75) is 23.5 Å². The molecule has 0 spiro atoms. The summed E-state index contributed by atoms with van der Waals surface area (Å²) in [5.41, 5.74) is 0. The maximum absolute atomic E-state index is 8.51. The molecule has 0 aliphatic carbocycles. The summed E-state index contributed by atoms with van der Waals surface area (Å²) in [5, 5.41) is 10.0. The van der Waals surface area contributed by atoms with Crippen LogP contribution < -0.4 is 0 Å². The van der Waals surface area contributed by atoms with Gasteiger partial charge in [0.25, 0.3) is 0 Å². The molecular weight excluding hydrogens is 237 g/mol. The molecule has 0 aliphatic rings. The van der Waals surface area contributed by atoms with Gasteiger partial charge in [-0.3, -0.25) is 0 Å². The van der Waals surface area contributed by atoms with Crippen molar-refractivity contribution < 1.29 is 0 Å². The van der Waals surface area contributed by atoms with Gasteiger partial charge >= 0.3 is 0 Å². The topological polar surface area (TPSA) is 23.8 Å². The van der Waals surface area contributed by atoms with E-state index in [1.54, 1.807) is 17.8 Å². The van der Waals surface area contributed by atoms with Crippen LogP contribution in [0.25, 0.3) is 0 Å². The first-order chi connectivity index (χ1) is 6.61. The van der Waals surface area contributed by atoms with E-state index in [2.05, 4.69) is 6.07 Å². The number of rotatable bonds is 3. The molecule has 0 aromatic heterocycles. The molecule has 0 heterocycles.